The summed E-state index contributed by atoms with van der Waals surface area (Å²) in [5.41, 5.74) is 7.59. The molecule has 60 heavy (non-hydrogen) atoms. The van der Waals surface area contributed by atoms with Crippen LogP contribution in [-0.2, 0) is 0 Å². The van der Waals surface area contributed by atoms with E-state index in [0.29, 0.717) is 22.3 Å². The summed E-state index contributed by atoms with van der Waals surface area (Å²) < 4.78 is 93.3. The van der Waals surface area contributed by atoms with E-state index < -0.39 is 54.4 Å². The molecule has 9 aromatic carbocycles. The topological polar surface area (TPSA) is 65.0 Å². The van der Waals surface area contributed by atoms with Crippen molar-refractivity contribution in [2.45, 2.75) is 0 Å². The Bertz CT molecular complexity index is 4070. The van der Waals surface area contributed by atoms with Crippen molar-refractivity contribution in [1.29, 1.82) is 0 Å². The third kappa shape index (κ3) is 5.67. The second-order valence-electron chi connectivity index (χ2n) is 14.5. The van der Waals surface area contributed by atoms with Crippen LogP contribution in [0.2, 0.25) is 0 Å². The Labute approximate surface area is 357 Å². The summed E-state index contributed by atoms with van der Waals surface area (Å²) in [5, 5.41) is 1.33. The number of nitrogens with zero attached hydrogens (tertiary/aromatic N) is 3. The molecule has 3 heterocycles. The number of hydrogen-bond acceptors (Lipinski definition) is 5. The molecule has 0 aliphatic carbocycles. The molecular weight excluding hydrogens is 735 g/mol. The maximum atomic E-state index is 9.50. The first-order chi connectivity index (χ1) is 33.5. The molecule has 0 N–H and O–H groups in total. The van der Waals surface area contributed by atoms with Gasteiger partial charge in [-0.2, -0.15) is 0 Å². The van der Waals surface area contributed by atoms with Gasteiger partial charge in [0, 0.05) is 43.6 Å². The highest BCUT2D eigenvalue weighted by Gasteiger charge is 2.21. The van der Waals surface area contributed by atoms with Gasteiger partial charge in [-0.05, 0) is 87.2 Å². The lowest BCUT2D eigenvalue weighted by molar-refractivity contribution is 0.669. The molecule has 5 heteroatoms. The zero-order chi connectivity index (χ0) is 47.4. The van der Waals surface area contributed by atoms with E-state index in [1.54, 1.807) is 0 Å². The van der Waals surface area contributed by atoms with Gasteiger partial charge in [0.1, 0.15) is 22.3 Å². The second-order valence-corrected chi connectivity index (χ2v) is 14.5. The van der Waals surface area contributed by atoms with Crippen molar-refractivity contribution in [3.63, 3.8) is 0 Å². The highest BCUT2D eigenvalue weighted by molar-refractivity contribution is 6.19. The summed E-state index contributed by atoms with van der Waals surface area (Å²) in [5.74, 6) is 0.292. The largest absolute Gasteiger partial charge is 0.456 e. The first kappa shape index (κ1) is 26.0. The maximum absolute atomic E-state index is 9.50. The van der Waals surface area contributed by atoms with Crippen LogP contribution in [0.3, 0.4) is 0 Å². The molecule has 12 aromatic rings. The number of rotatable bonds is 6. The van der Waals surface area contributed by atoms with Gasteiger partial charge in [0.2, 0.25) is 0 Å². The van der Waals surface area contributed by atoms with Gasteiger partial charge in [0.25, 0.3) is 0 Å². The van der Waals surface area contributed by atoms with Crippen molar-refractivity contribution < 1.29 is 21.2 Å². The minimum atomic E-state index is -0.575. The lowest BCUT2D eigenvalue weighted by atomic mass is 9.95. The minimum Gasteiger partial charge on any atom is -0.456 e. The van der Waals surface area contributed by atoms with Crippen molar-refractivity contribution in [2.24, 2.45) is 0 Å². The molecule has 0 spiro atoms. The highest BCUT2D eigenvalue weighted by atomic mass is 16.3. The van der Waals surface area contributed by atoms with Gasteiger partial charge >= 0.3 is 0 Å². The smallest absolute Gasteiger partial charge is 0.164 e. The van der Waals surface area contributed by atoms with Crippen LogP contribution in [0.5, 0.6) is 0 Å². The number of fused-ring (bicyclic) bond motifs is 8. The predicted molar refractivity (Wildman–Crippen MR) is 245 cm³/mol. The molecule has 0 amide bonds. The summed E-state index contributed by atoms with van der Waals surface area (Å²) in [6, 6.07) is 42.9. The molecule has 5 nitrogen and oxygen atoms in total. The number of benzene rings is 9. The first-order valence-electron chi connectivity index (χ1n) is 23.9. The molecule has 0 aliphatic heterocycles. The van der Waals surface area contributed by atoms with E-state index in [2.05, 4.69) is 24.3 Å². The van der Waals surface area contributed by atoms with Gasteiger partial charge in [-0.3, -0.25) is 0 Å². The Hall–Kier alpha value is -8.15. The molecule has 0 saturated carbocycles. The van der Waals surface area contributed by atoms with Crippen LogP contribution in [0, 0.1) is 0 Å². The average molecular weight is 777 g/mol. The summed E-state index contributed by atoms with van der Waals surface area (Å²) in [4.78, 5) is 15.2. The van der Waals surface area contributed by atoms with E-state index in [1.807, 2.05) is 121 Å². The molecule has 0 bridgehead atoms. The number of furan rings is 2. The highest BCUT2D eigenvalue weighted by Crippen LogP contribution is 2.41. The van der Waals surface area contributed by atoms with Crippen LogP contribution in [0.15, 0.2) is 209 Å². The lowest BCUT2D eigenvalue weighted by Gasteiger charge is -2.13. The van der Waals surface area contributed by atoms with Gasteiger partial charge in [0.05, 0.1) is 12.3 Å². The predicted octanol–water partition coefficient (Wildman–Crippen LogP) is 14.8. The zero-order valence-corrected chi connectivity index (χ0v) is 31.5. The Morgan fingerprint density at radius 2 is 1.00 bits per heavy atom. The Morgan fingerprint density at radius 3 is 1.75 bits per heavy atom. The van der Waals surface area contributed by atoms with E-state index in [-0.39, 0.29) is 55.7 Å². The average Bonchev–Trinajstić information content (AvgIpc) is 3.97. The van der Waals surface area contributed by atoms with Crippen LogP contribution in [0.1, 0.15) is 12.3 Å². The fourth-order valence-corrected chi connectivity index (χ4v) is 8.06. The Kier molecular flexibility index (Phi) is 5.95. The quantitative estimate of drug-likeness (QED) is 0.168. The van der Waals surface area contributed by atoms with Crippen molar-refractivity contribution in [2.75, 3.05) is 0 Å². The van der Waals surface area contributed by atoms with Crippen LogP contribution in [0.25, 0.3) is 122 Å². The Morgan fingerprint density at radius 1 is 0.350 bits per heavy atom. The van der Waals surface area contributed by atoms with E-state index in [0.717, 1.165) is 44.2 Å². The van der Waals surface area contributed by atoms with Gasteiger partial charge < -0.3 is 8.83 Å². The van der Waals surface area contributed by atoms with Crippen molar-refractivity contribution in [1.82, 2.24) is 15.0 Å². The summed E-state index contributed by atoms with van der Waals surface area (Å²) in [7, 11) is 0. The third-order valence-corrected chi connectivity index (χ3v) is 10.9. The minimum absolute atomic E-state index is 0.0175. The molecule has 0 radical (unpaired) electrons. The van der Waals surface area contributed by atoms with E-state index in [4.69, 9.17) is 33.4 Å². The molecule has 3 aromatic heterocycles. The van der Waals surface area contributed by atoms with Gasteiger partial charge in [-0.25, -0.2) is 15.0 Å². The fourth-order valence-electron chi connectivity index (χ4n) is 8.06. The monoisotopic (exact) mass is 776 g/mol. The van der Waals surface area contributed by atoms with Crippen LogP contribution < -0.4 is 0 Å². The Balaban J connectivity index is 1.17. The standard InChI is InChI=1S/C55H33N3O2/c1-4-14-34(15-5-1)39-30-40(35-16-6-2-7-17-35)32-41(31-39)54-56-53(38-27-28-44-49(33-38)59-47-24-12-22-42(50(44)47)36-18-8-3-9-19-36)57-55(58-54)46-23-13-25-48-51(46)45-29-26-37-20-10-11-21-43(37)52(45)60-48/h1-33H/i10D,11D,13D,20D,21D,23D,25D,26D,29D. The summed E-state index contributed by atoms with van der Waals surface area (Å²) in [6.45, 7) is 0. The normalized spacial score (nSPS) is 13.8. The number of hydrogen-bond donors (Lipinski definition) is 0. The van der Waals surface area contributed by atoms with Crippen LogP contribution in [0.4, 0.5) is 0 Å². The van der Waals surface area contributed by atoms with Gasteiger partial charge in [-0.15, -0.1) is 0 Å². The molecule has 280 valence electrons. The molecule has 0 saturated heterocycles. The van der Waals surface area contributed by atoms with Crippen molar-refractivity contribution in [3.8, 4) is 67.5 Å². The fraction of sp³-hybridized carbons (Fsp3) is 0. The first-order valence-corrected chi connectivity index (χ1v) is 19.4. The summed E-state index contributed by atoms with van der Waals surface area (Å²) >= 11 is 0. The second kappa shape index (κ2) is 13.8. The molecule has 12 rings (SSSR count). The van der Waals surface area contributed by atoms with E-state index >= 15 is 0 Å². The van der Waals surface area contributed by atoms with Crippen LogP contribution >= 0.6 is 0 Å². The van der Waals surface area contributed by atoms with E-state index in [1.165, 1.54) is 0 Å². The van der Waals surface area contributed by atoms with Gasteiger partial charge in [0.15, 0.2) is 17.5 Å². The van der Waals surface area contributed by atoms with Crippen molar-refractivity contribution in [3.05, 3.63) is 200 Å². The molecule has 0 aliphatic rings. The third-order valence-electron chi connectivity index (χ3n) is 10.9. The zero-order valence-electron chi connectivity index (χ0n) is 40.5. The molecule has 0 atom stereocenters. The number of aromatic nitrogens is 3. The molecular formula is C55H33N3O2. The van der Waals surface area contributed by atoms with Gasteiger partial charge in [-0.1, -0.05) is 151 Å². The van der Waals surface area contributed by atoms with Crippen molar-refractivity contribution >= 4 is 54.6 Å². The molecule has 0 unspecified atom stereocenters. The maximum Gasteiger partial charge on any atom is 0.164 e. The SMILES string of the molecule is [2H]c1c([2H])c(-c2nc(-c3cc(-c4ccccc4)cc(-c4ccccc4)c3)nc(-c3ccc4c(c3)oc3cccc(-c5ccccc5)c34)n2)c2c(oc3c4c([2H])c([2H])c([2H])c([2H])c4c([2H])c([2H])c32)c1[2H]. The molecule has 0 fully saturated rings. The van der Waals surface area contributed by atoms with Crippen LogP contribution in [-0.4, -0.2) is 15.0 Å². The summed E-state index contributed by atoms with van der Waals surface area (Å²) in [6.07, 6.45) is 0. The lowest BCUT2D eigenvalue weighted by Crippen LogP contribution is -2.01. The van der Waals surface area contributed by atoms with E-state index in [9.17, 15) is 2.74 Å².